The zero-order valence-electron chi connectivity index (χ0n) is 15.3. The number of rotatable bonds is 1. The Kier molecular flexibility index (Phi) is 4.00. The highest BCUT2D eigenvalue weighted by molar-refractivity contribution is 9.10. The number of nitrogens with zero attached hydrogens (tertiary/aromatic N) is 1. The summed E-state index contributed by atoms with van der Waals surface area (Å²) in [5, 5.41) is 4.90. The molecule has 1 N–H and O–H groups in total. The van der Waals surface area contributed by atoms with Crippen LogP contribution in [0.3, 0.4) is 0 Å². The molecule has 1 aromatic carbocycles. The molecule has 0 amide bonds. The molecule has 4 nitrogen and oxygen atoms in total. The van der Waals surface area contributed by atoms with Crippen LogP contribution in [0.25, 0.3) is 10.9 Å². The molecule has 2 bridgehead atoms. The van der Waals surface area contributed by atoms with Gasteiger partial charge in [0.05, 0.1) is 5.52 Å². The minimum atomic E-state index is -0.506. The first-order valence-electron chi connectivity index (χ1n) is 9.13. The van der Waals surface area contributed by atoms with Crippen molar-refractivity contribution in [2.24, 2.45) is 0 Å². The Labute approximate surface area is 157 Å². The first-order chi connectivity index (χ1) is 11.8. The van der Waals surface area contributed by atoms with E-state index in [1.54, 1.807) is 0 Å². The van der Waals surface area contributed by atoms with Crippen molar-refractivity contribution < 1.29 is 9.53 Å². The van der Waals surface area contributed by atoms with E-state index in [1.165, 1.54) is 22.9 Å². The van der Waals surface area contributed by atoms with Gasteiger partial charge in [0.15, 0.2) is 0 Å². The van der Waals surface area contributed by atoms with Crippen molar-refractivity contribution in [1.29, 1.82) is 0 Å². The van der Waals surface area contributed by atoms with Crippen LogP contribution >= 0.6 is 15.9 Å². The summed E-state index contributed by atoms with van der Waals surface area (Å²) in [7, 11) is 0. The largest absolute Gasteiger partial charge is 0.443 e. The molecule has 1 fully saturated rings. The minimum Gasteiger partial charge on any atom is -0.443 e. The predicted molar refractivity (Wildman–Crippen MR) is 103 cm³/mol. The molecule has 0 saturated carbocycles. The average Bonchev–Trinajstić information content (AvgIpc) is 3.04. The van der Waals surface area contributed by atoms with E-state index in [0.717, 1.165) is 34.9 Å². The van der Waals surface area contributed by atoms with Gasteiger partial charge in [0, 0.05) is 34.1 Å². The molecule has 4 rings (SSSR count). The summed E-state index contributed by atoms with van der Waals surface area (Å²) in [4.78, 5) is 13.1. The van der Waals surface area contributed by atoms with E-state index in [-0.39, 0.29) is 6.09 Å². The number of ether oxygens (including phenoxy) is 1. The lowest BCUT2D eigenvalue weighted by atomic mass is 9.98. The van der Waals surface area contributed by atoms with Crippen LogP contribution in [0, 0.1) is 0 Å². The number of fused-ring (bicyclic) bond motifs is 6. The Morgan fingerprint density at radius 1 is 1.36 bits per heavy atom. The fraction of sp³-hybridized carbons (Fsp3) is 0.550. The molecular weight excluding hydrogens is 380 g/mol. The van der Waals surface area contributed by atoms with E-state index in [4.69, 9.17) is 4.74 Å². The van der Waals surface area contributed by atoms with Crippen LogP contribution in [-0.4, -0.2) is 22.3 Å². The second kappa shape index (κ2) is 5.85. The lowest BCUT2D eigenvalue weighted by Crippen LogP contribution is -2.34. The maximum atomic E-state index is 13.1. The van der Waals surface area contributed by atoms with Crippen molar-refractivity contribution in [3.63, 3.8) is 0 Å². The zero-order valence-corrected chi connectivity index (χ0v) is 16.9. The van der Waals surface area contributed by atoms with Gasteiger partial charge < -0.3 is 10.1 Å². The molecule has 2 unspecified atom stereocenters. The van der Waals surface area contributed by atoms with Gasteiger partial charge in [0.1, 0.15) is 5.60 Å². The monoisotopic (exact) mass is 404 g/mol. The van der Waals surface area contributed by atoms with E-state index >= 15 is 0 Å². The van der Waals surface area contributed by atoms with E-state index in [2.05, 4.69) is 40.3 Å². The summed E-state index contributed by atoms with van der Waals surface area (Å²) >= 11 is 3.65. The van der Waals surface area contributed by atoms with Crippen molar-refractivity contribution in [2.75, 3.05) is 0 Å². The van der Waals surface area contributed by atoms with E-state index in [0.29, 0.717) is 12.1 Å². The highest BCUT2D eigenvalue weighted by atomic mass is 79.9. The van der Waals surface area contributed by atoms with Crippen molar-refractivity contribution >= 4 is 32.9 Å². The summed E-state index contributed by atoms with van der Waals surface area (Å²) in [6.07, 6.45) is 3.82. The number of halogens is 1. The van der Waals surface area contributed by atoms with Gasteiger partial charge >= 0.3 is 6.09 Å². The summed E-state index contributed by atoms with van der Waals surface area (Å²) in [6.45, 7) is 7.90. The Morgan fingerprint density at radius 2 is 2.12 bits per heavy atom. The maximum absolute atomic E-state index is 13.1. The molecule has 0 aliphatic carbocycles. The molecule has 2 aliphatic rings. The first kappa shape index (κ1) is 17.1. The molecule has 2 atom stereocenters. The van der Waals surface area contributed by atoms with Gasteiger partial charge in [-0.2, -0.15) is 0 Å². The molecule has 0 spiro atoms. The third-order valence-electron chi connectivity index (χ3n) is 5.23. The molecule has 2 aromatic rings. The molecule has 25 heavy (non-hydrogen) atoms. The molecule has 1 aromatic heterocycles. The molecular formula is C20H25BrN2O2. The molecule has 134 valence electrons. The van der Waals surface area contributed by atoms with Gasteiger partial charge in [-0.3, -0.25) is 0 Å². The van der Waals surface area contributed by atoms with Crippen LogP contribution in [-0.2, 0) is 17.6 Å². The maximum Gasteiger partial charge on any atom is 0.419 e. The van der Waals surface area contributed by atoms with Crippen LogP contribution in [0.4, 0.5) is 4.79 Å². The lowest BCUT2D eigenvalue weighted by molar-refractivity contribution is 0.0539. The predicted octanol–water partition coefficient (Wildman–Crippen LogP) is 5.10. The Morgan fingerprint density at radius 3 is 2.80 bits per heavy atom. The third kappa shape index (κ3) is 2.81. The first-order valence-corrected chi connectivity index (χ1v) is 9.92. The standard InChI is InChI=1S/C20H25BrN2O2/c1-5-11-8-12(21)9-14-17-15-7-6-13(22-15)10-16(17)23(18(11)14)19(24)25-20(2,3)4/h8-9,13,15,22H,5-7,10H2,1-4H3. The minimum absolute atomic E-state index is 0.253. The van der Waals surface area contributed by atoms with Crippen LogP contribution in [0.1, 0.15) is 63.4 Å². The van der Waals surface area contributed by atoms with Gasteiger partial charge in [-0.05, 0) is 63.3 Å². The smallest absolute Gasteiger partial charge is 0.419 e. The van der Waals surface area contributed by atoms with E-state index in [9.17, 15) is 4.79 Å². The lowest BCUT2D eigenvalue weighted by Gasteiger charge is -2.25. The van der Waals surface area contributed by atoms with Crippen LogP contribution in [0.5, 0.6) is 0 Å². The molecule has 5 heteroatoms. The second-order valence-electron chi connectivity index (χ2n) is 8.19. The second-order valence-corrected chi connectivity index (χ2v) is 9.10. The van der Waals surface area contributed by atoms with E-state index < -0.39 is 5.60 Å². The topological polar surface area (TPSA) is 43.3 Å². The zero-order chi connectivity index (χ0) is 17.9. The summed E-state index contributed by atoms with van der Waals surface area (Å²) in [5.41, 5.74) is 4.14. The molecule has 3 heterocycles. The SMILES string of the molecule is CCc1cc(Br)cc2c3c(n(C(=O)OC(C)(C)C)c12)CC1CCC3N1. The van der Waals surface area contributed by atoms with Crippen molar-refractivity contribution in [3.05, 3.63) is 33.4 Å². The summed E-state index contributed by atoms with van der Waals surface area (Å²) in [6, 6.07) is 5.10. The molecule has 2 aliphatic heterocycles. The number of nitrogens with one attached hydrogen (secondary N) is 1. The van der Waals surface area contributed by atoms with Gasteiger partial charge in [-0.25, -0.2) is 9.36 Å². The number of benzene rings is 1. The summed E-state index contributed by atoms with van der Waals surface area (Å²) < 4.78 is 8.71. The number of aryl methyl sites for hydroxylation is 1. The Bertz CT molecular complexity index is 863. The fourth-order valence-corrected chi connectivity index (χ4v) is 4.85. The van der Waals surface area contributed by atoms with Gasteiger partial charge in [0.25, 0.3) is 0 Å². The quantitative estimate of drug-likeness (QED) is 0.718. The van der Waals surface area contributed by atoms with Gasteiger partial charge in [-0.1, -0.05) is 22.9 Å². The van der Waals surface area contributed by atoms with Crippen LogP contribution in [0.15, 0.2) is 16.6 Å². The average molecular weight is 405 g/mol. The van der Waals surface area contributed by atoms with Crippen LogP contribution in [0.2, 0.25) is 0 Å². The highest BCUT2D eigenvalue weighted by Crippen LogP contribution is 2.43. The molecule has 0 radical (unpaired) electrons. The number of carbonyl (C=O) groups excluding carboxylic acids is 1. The highest BCUT2D eigenvalue weighted by Gasteiger charge is 2.38. The fourth-order valence-electron chi connectivity index (χ4n) is 4.35. The third-order valence-corrected chi connectivity index (χ3v) is 5.69. The normalized spacial score (nSPS) is 22.3. The Balaban J connectivity index is 2.01. The van der Waals surface area contributed by atoms with Crippen molar-refractivity contribution in [3.8, 4) is 0 Å². The Hall–Kier alpha value is -1.33. The number of hydrogen-bond acceptors (Lipinski definition) is 3. The number of hydrogen-bond donors (Lipinski definition) is 1. The number of carbonyl (C=O) groups is 1. The molecule has 1 saturated heterocycles. The van der Waals surface area contributed by atoms with Crippen molar-refractivity contribution in [1.82, 2.24) is 9.88 Å². The van der Waals surface area contributed by atoms with Gasteiger partial charge in [0.2, 0.25) is 0 Å². The number of aromatic nitrogens is 1. The van der Waals surface area contributed by atoms with Gasteiger partial charge in [-0.15, -0.1) is 0 Å². The van der Waals surface area contributed by atoms with E-state index in [1.807, 2.05) is 25.3 Å². The summed E-state index contributed by atoms with van der Waals surface area (Å²) in [5.74, 6) is 0. The van der Waals surface area contributed by atoms with Crippen LogP contribution < -0.4 is 5.32 Å². The van der Waals surface area contributed by atoms with Crippen molar-refractivity contribution in [2.45, 2.75) is 71.1 Å².